The topological polar surface area (TPSA) is 61.4 Å². The van der Waals surface area contributed by atoms with Gasteiger partial charge in [0.2, 0.25) is 11.8 Å². The average Bonchev–Trinajstić information content (AvgIpc) is 3.13. The third-order valence-electron chi connectivity index (χ3n) is 8.75. The minimum atomic E-state index is -0.0218. The standard InChI is InChI=1S/C34H43N3O2/c1-3-5-14-32(38)36-27-17-18-30(34(39)35-4-2)31(23-27)37-21-19-26(20-22-37)33-28-12-8-6-10-24(28)15-16-25-11-7-9-13-29(25)33/h6-13,15-16,27,30-31H,3-5,14,17-23H2,1-2H3,(H,35,39)(H,36,38). The number of piperidine rings is 1. The van der Waals surface area contributed by atoms with Gasteiger partial charge in [-0.1, -0.05) is 79.6 Å². The summed E-state index contributed by atoms with van der Waals surface area (Å²) in [4.78, 5) is 28.2. The van der Waals surface area contributed by atoms with E-state index in [0.717, 1.165) is 58.0 Å². The molecule has 2 aromatic rings. The Kier molecular flexibility index (Phi) is 8.98. The average molecular weight is 526 g/mol. The fraction of sp³-hybridized carbons (Fsp3) is 0.471. The number of nitrogens with zero attached hydrogens (tertiary/aromatic N) is 1. The molecule has 2 aromatic carbocycles. The Morgan fingerprint density at radius 1 is 0.897 bits per heavy atom. The first-order valence-corrected chi connectivity index (χ1v) is 15.0. The number of hydrogen-bond acceptors (Lipinski definition) is 3. The van der Waals surface area contributed by atoms with Gasteiger partial charge in [0.1, 0.15) is 0 Å². The van der Waals surface area contributed by atoms with E-state index in [1.165, 1.54) is 33.4 Å². The van der Waals surface area contributed by atoms with E-state index in [9.17, 15) is 9.59 Å². The zero-order valence-corrected chi connectivity index (χ0v) is 23.5. The van der Waals surface area contributed by atoms with Crippen LogP contribution in [-0.2, 0) is 9.59 Å². The van der Waals surface area contributed by atoms with Crippen molar-refractivity contribution in [3.05, 3.63) is 76.4 Å². The summed E-state index contributed by atoms with van der Waals surface area (Å²) in [5, 5.41) is 6.38. The van der Waals surface area contributed by atoms with E-state index in [0.29, 0.717) is 13.0 Å². The van der Waals surface area contributed by atoms with Crippen molar-refractivity contribution in [3.63, 3.8) is 0 Å². The molecule has 2 fully saturated rings. The second-order valence-corrected chi connectivity index (χ2v) is 11.3. The predicted molar refractivity (Wildman–Crippen MR) is 160 cm³/mol. The first kappa shape index (κ1) is 27.4. The summed E-state index contributed by atoms with van der Waals surface area (Å²) in [5.74, 6) is 0.300. The minimum Gasteiger partial charge on any atom is -0.356 e. The molecule has 1 saturated heterocycles. The molecule has 3 atom stereocenters. The van der Waals surface area contributed by atoms with Gasteiger partial charge in [0.15, 0.2) is 0 Å². The van der Waals surface area contributed by atoms with E-state index < -0.39 is 0 Å². The second-order valence-electron chi connectivity index (χ2n) is 11.3. The highest BCUT2D eigenvalue weighted by molar-refractivity contribution is 5.95. The lowest BCUT2D eigenvalue weighted by Crippen LogP contribution is -2.55. The molecular formula is C34H43N3O2. The van der Waals surface area contributed by atoms with Crippen molar-refractivity contribution < 1.29 is 9.59 Å². The summed E-state index contributed by atoms with van der Waals surface area (Å²) in [6, 6.07) is 17.8. The van der Waals surface area contributed by atoms with Crippen LogP contribution in [0.25, 0.3) is 17.7 Å². The van der Waals surface area contributed by atoms with Gasteiger partial charge in [-0.05, 0) is 73.3 Å². The Morgan fingerprint density at radius 2 is 1.54 bits per heavy atom. The van der Waals surface area contributed by atoms with E-state index in [4.69, 9.17) is 0 Å². The molecule has 39 heavy (non-hydrogen) atoms. The van der Waals surface area contributed by atoms with E-state index in [1.807, 2.05) is 6.92 Å². The van der Waals surface area contributed by atoms with Crippen molar-refractivity contribution in [2.45, 2.75) is 77.3 Å². The van der Waals surface area contributed by atoms with Crippen LogP contribution in [0.5, 0.6) is 0 Å². The molecule has 206 valence electrons. The van der Waals surface area contributed by atoms with Crippen molar-refractivity contribution in [2.24, 2.45) is 5.92 Å². The molecule has 2 aliphatic carbocycles. The second kappa shape index (κ2) is 12.8. The summed E-state index contributed by atoms with van der Waals surface area (Å²) in [7, 11) is 0. The molecule has 2 N–H and O–H groups in total. The van der Waals surface area contributed by atoms with Crippen LogP contribution in [0.2, 0.25) is 0 Å². The predicted octanol–water partition coefficient (Wildman–Crippen LogP) is 6.05. The number of carbonyl (C=O) groups is 2. The Bertz CT molecular complexity index is 1190. The lowest BCUT2D eigenvalue weighted by Gasteiger charge is -2.44. The van der Waals surface area contributed by atoms with Gasteiger partial charge in [0, 0.05) is 38.1 Å². The first-order valence-electron chi connectivity index (χ1n) is 15.0. The molecule has 0 spiro atoms. The van der Waals surface area contributed by atoms with Gasteiger partial charge in [-0.2, -0.15) is 0 Å². The number of benzene rings is 2. The molecule has 0 aromatic heterocycles. The van der Waals surface area contributed by atoms with Gasteiger partial charge in [-0.15, -0.1) is 0 Å². The number of carbonyl (C=O) groups excluding carboxylic acids is 2. The van der Waals surface area contributed by atoms with Crippen molar-refractivity contribution >= 4 is 29.5 Å². The molecule has 5 nitrogen and oxygen atoms in total. The van der Waals surface area contributed by atoms with E-state index in [1.54, 1.807) is 0 Å². The number of likely N-dealkylation sites (tertiary alicyclic amines) is 1. The van der Waals surface area contributed by atoms with Gasteiger partial charge in [-0.25, -0.2) is 0 Å². The summed E-state index contributed by atoms with van der Waals surface area (Å²) >= 11 is 0. The van der Waals surface area contributed by atoms with Crippen molar-refractivity contribution in [3.8, 4) is 0 Å². The number of hydrogen-bond donors (Lipinski definition) is 2. The molecule has 5 heteroatoms. The number of fused-ring (bicyclic) bond motifs is 2. The fourth-order valence-corrected chi connectivity index (χ4v) is 6.75. The Labute approximate surface area is 233 Å². The van der Waals surface area contributed by atoms with Gasteiger partial charge in [0.25, 0.3) is 0 Å². The number of amides is 2. The third kappa shape index (κ3) is 6.19. The first-order chi connectivity index (χ1) is 19.1. The molecule has 5 rings (SSSR count). The highest BCUT2D eigenvalue weighted by Gasteiger charge is 2.39. The zero-order valence-electron chi connectivity index (χ0n) is 23.5. The monoisotopic (exact) mass is 525 g/mol. The maximum atomic E-state index is 13.1. The zero-order chi connectivity index (χ0) is 27.2. The number of rotatable bonds is 7. The van der Waals surface area contributed by atoms with Crippen LogP contribution >= 0.6 is 0 Å². The molecule has 1 aliphatic heterocycles. The smallest absolute Gasteiger partial charge is 0.224 e. The quantitative estimate of drug-likeness (QED) is 0.395. The molecule has 3 aliphatic rings. The van der Waals surface area contributed by atoms with Crippen molar-refractivity contribution in [1.29, 1.82) is 0 Å². The molecule has 0 bridgehead atoms. The lowest BCUT2D eigenvalue weighted by atomic mass is 9.78. The van der Waals surface area contributed by atoms with Crippen LogP contribution in [0.4, 0.5) is 0 Å². The van der Waals surface area contributed by atoms with Crippen LogP contribution in [0.15, 0.2) is 54.1 Å². The lowest BCUT2D eigenvalue weighted by molar-refractivity contribution is -0.129. The minimum absolute atomic E-state index is 0.0218. The van der Waals surface area contributed by atoms with Crippen LogP contribution in [-0.4, -0.2) is 48.4 Å². The molecule has 0 radical (unpaired) electrons. The highest BCUT2D eigenvalue weighted by Crippen LogP contribution is 2.40. The maximum Gasteiger partial charge on any atom is 0.224 e. The van der Waals surface area contributed by atoms with Crippen molar-refractivity contribution in [1.82, 2.24) is 15.5 Å². The van der Waals surface area contributed by atoms with E-state index >= 15 is 0 Å². The van der Waals surface area contributed by atoms with Gasteiger partial charge < -0.3 is 10.6 Å². The fourth-order valence-electron chi connectivity index (χ4n) is 6.75. The largest absolute Gasteiger partial charge is 0.356 e. The summed E-state index contributed by atoms with van der Waals surface area (Å²) in [6.07, 6.45) is 11.6. The van der Waals surface area contributed by atoms with Gasteiger partial charge >= 0.3 is 0 Å². The summed E-state index contributed by atoms with van der Waals surface area (Å²) in [5.41, 5.74) is 8.05. The Hall–Kier alpha value is -3.18. The summed E-state index contributed by atoms with van der Waals surface area (Å²) < 4.78 is 0. The van der Waals surface area contributed by atoms with Crippen molar-refractivity contribution in [2.75, 3.05) is 19.6 Å². The maximum absolute atomic E-state index is 13.1. The SMILES string of the molecule is CCCCC(=O)NC1CCC(C(=O)NCC)C(N2CCC(=C3c4ccccc4C=Cc4ccccc43)CC2)C1. The van der Waals surface area contributed by atoms with Crippen LogP contribution in [0, 0.1) is 5.92 Å². The summed E-state index contributed by atoms with van der Waals surface area (Å²) in [6.45, 7) is 6.64. The van der Waals surface area contributed by atoms with Gasteiger partial charge in [-0.3, -0.25) is 14.5 Å². The normalized spacial score (nSPS) is 23.0. The van der Waals surface area contributed by atoms with E-state index in [-0.39, 0.29) is 29.8 Å². The molecule has 1 heterocycles. The van der Waals surface area contributed by atoms with Crippen LogP contribution in [0.1, 0.15) is 87.5 Å². The molecule has 1 saturated carbocycles. The van der Waals surface area contributed by atoms with Crippen LogP contribution in [0.3, 0.4) is 0 Å². The Balaban J connectivity index is 1.38. The molecule has 2 amide bonds. The van der Waals surface area contributed by atoms with Gasteiger partial charge in [0.05, 0.1) is 5.92 Å². The molecular weight excluding hydrogens is 482 g/mol. The molecule has 3 unspecified atom stereocenters. The third-order valence-corrected chi connectivity index (χ3v) is 8.75. The van der Waals surface area contributed by atoms with E-state index in [2.05, 4.69) is 83.1 Å². The Morgan fingerprint density at radius 3 is 2.15 bits per heavy atom. The van der Waals surface area contributed by atoms with Crippen LogP contribution < -0.4 is 10.6 Å². The number of unbranched alkanes of at least 4 members (excludes halogenated alkanes) is 1. The number of nitrogens with one attached hydrogen (secondary N) is 2. The highest BCUT2D eigenvalue weighted by atomic mass is 16.2.